The summed E-state index contributed by atoms with van der Waals surface area (Å²) in [5.74, 6) is -1.93. The summed E-state index contributed by atoms with van der Waals surface area (Å²) in [6.45, 7) is 0.509. The summed E-state index contributed by atoms with van der Waals surface area (Å²) < 4.78 is 0. The predicted molar refractivity (Wildman–Crippen MR) is 71.9 cm³/mol. The molecule has 20 heavy (non-hydrogen) atoms. The topological polar surface area (TPSA) is 86.7 Å². The maximum atomic E-state index is 12.3. The normalized spacial score (nSPS) is 30.9. The van der Waals surface area contributed by atoms with E-state index in [0.717, 1.165) is 12.8 Å². The summed E-state index contributed by atoms with van der Waals surface area (Å²) in [6.07, 6.45) is 4.08. The third-order valence-corrected chi connectivity index (χ3v) is 4.39. The molecule has 0 aromatic carbocycles. The van der Waals surface area contributed by atoms with Crippen LogP contribution in [0, 0.1) is 11.8 Å². The van der Waals surface area contributed by atoms with Gasteiger partial charge < -0.3 is 15.3 Å². The number of rotatable bonds is 3. The highest BCUT2D eigenvalue weighted by Crippen LogP contribution is 2.30. The van der Waals surface area contributed by atoms with Crippen LogP contribution in [0.1, 0.15) is 38.5 Å². The lowest BCUT2D eigenvalue weighted by atomic mass is 9.78. The lowest BCUT2D eigenvalue weighted by molar-refractivity contribution is -0.149. The van der Waals surface area contributed by atoms with Crippen molar-refractivity contribution >= 4 is 17.8 Å². The van der Waals surface area contributed by atoms with Gasteiger partial charge in [0.25, 0.3) is 0 Å². The van der Waals surface area contributed by atoms with E-state index in [2.05, 4.69) is 5.32 Å². The van der Waals surface area contributed by atoms with Crippen LogP contribution in [0.2, 0.25) is 0 Å². The first-order chi connectivity index (χ1) is 9.49. The lowest BCUT2D eigenvalue weighted by Crippen LogP contribution is -2.51. The maximum Gasteiger partial charge on any atom is 0.307 e. The van der Waals surface area contributed by atoms with E-state index in [9.17, 15) is 19.5 Å². The standard InChI is InChI=1S/C14H22N2O4/c1-16-8-9(6-7-12(16)17)15-13(18)10-4-2-3-5-11(10)14(19)20/h9-11H,2-8H2,1H3,(H,15,18)(H,19,20)/t9?,10-,11+/m1/s1. The molecule has 0 bridgehead atoms. The fourth-order valence-electron chi connectivity index (χ4n) is 3.18. The number of aliphatic carboxylic acids is 1. The SMILES string of the molecule is CN1CC(NC(=O)[C@@H]2CCCC[C@@H]2C(=O)O)CCC1=O. The zero-order chi connectivity index (χ0) is 14.7. The Kier molecular flexibility index (Phi) is 4.62. The highest BCUT2D eigenvalue weighted by molar-refractivity contribution is 5.85. The minimum atomic E-state index is -0.874. The quantitative estimate of drug-likeness (QED) is 0.794. The molecule has 1 saturated carbocycles. The first-order valence-corrected chi connectivity index (χ1v) is 7.26. The fraction of sp³-hybridized carbons (Fsp3) is 0.786. The van der Waals surface area contributed by atoms with Gasteiger partial charge in [-0.2, -0.15) is 0 Å². The van der Waals surface area contributed by atoms with Gasteiger partial charge in [0.05, 0.1) is 11.8 Å². The van der Waals surface area contributed by atoms with Crippen LogP contribution < -0.4 is 5.32 Å². The van der Waals surface area contributed by atoms with Crippen LogP contribution in [-0.2, 0) is 14.4 Å². The molecular weight excluding hydrogens is 260 g/mol. The third-order valence-electron chi connectivity index (χ3n) is 4.39. The van der Waals surface area contributed by atoms with Crippen molar-refractivity contribution in [3.05, 3.63) is 0 Å². The van der Waals surface area contributed by atoms with Crippen molar-refractivity contribution in [1.29, 1.82) is 0 Å². The molecule has 2 aliphatic rings. The number of likely N-dealkylation sites (N-methyl/N-ethyl adjacent to an activating group) is 1. The molecule has 1 aliphatic heterocycles. The number of carboxylic acids is 1. The Morgan fingerprint density at radius 2 is 1.85 bits per heavy atom. The molecule has 1 heterocycles. The van der Waals surface area contributed by atoms with Gasteiger partial charge in [-0.3, -0.25) is 14.4 Å². The highest BCUT2D eigenvalue weighted by atomic mass is 16.4. The Morgan fingerprint density at radius 3 is 2.45 bits per heavy atom. The molecular formula is C14H22N2O4. The molecule has 1 aliphatic carbocycles. The first-order valence-electron chi connectivity index (χ1n) is 7.26. The molecule has 0 aromatic heterocycles. The van der Waals surface area contributed by atoms with Crippen molar-refractivity contribution < 1.29 is 19.5 Å². The number of hydrogen-bond donors (Lipinski definition) is 2. The number of amides is 2. The van der Waals surface area contributed by atoms with Gasteiger partial charge in [-0.05, 0) is 19.3 Å². The van der Waals surface area contributed by atoms with Gasteiger partial charge in [-0.15, -0.1) is 0 Å². The summed E-state index contributed by atoms with van der Waals surface area (Å²) in [4.78, 5) is 36.5. The second-order valence-electron chi connectivity index (χ2n) is 5.85. The van der Waals surface area contributed by atoms with Crippen molar-refractivity contribution in [2.24, 2.45) is 11.8 Å². The Hall–Kier alpha value is -1.59. The van der Waals surface area contributed by atoms with Crippen LogP contribution >= 0.6 is 0 Å². The van der Waals surface area contributed by atoms with E-state index >= 15 is 0 Å². The van der Waals surface area contributed by atoms with Gasteiger partial charge >= 0.3 is 5.97 Å². The first kappa shape index (κ1) is 14.8. The zero-order valence-electron chi connectivity index (χ0n) is 11.8. The van der Waals surface area contributed by atoms with Gasteiger partial charge in [0.15, 0.2) is 0 Å². The van der Waals surface area contributed by atoms with Gasteiger partial charge in [-0.1, -0.05) is 12.8 Å². The van der Waals surface area contributed by atoms with Gasteiger partial charge in [0.2, 0.25) is 11.8 Å². The summed E-state index contributed by atoms with van der Waals surface area (Å²) in [6, 6.07) is -0.0541. The molecule has 1 unspecified atom stereocenters. The maximum absolute atomic E-state index is 12.3. The van der Waals surface area contributed by atoms with E-state index in [0.29, 0.717) is 32.2 Å². The van der Waals surface area contributed by atoms with Gasteiger partial charge in [-0.25, -0.2) is 0 Å². The Balaban J connectivity index is 1.93. The summed E-state index contributed by atoms with van der Waals surface area (Å²) in [5.41, 5.74) is 0. The average Bonchev–Trinajstić information content (AvgIpc) is 2.43. The second-order valence-corrected chi connectivity index (χ2v) is 5.85. The molecule has 112 valence electrons. The summed E-state index contributed by atoms with van der Waals surface area (Å²) in [7, 11) is 1.72. The van der Waals surface area contributed by atoms with Crippen molar-refractivity contribution in [3.8, 4) is 0 Å². The highest BCUT2D eigenvalue weighted by Gasteiger charge is 2.37. The molecule has 6 nitrogen and oxygen atoms in total. The van der Waals surface area contributed by atoms with Gasteiger partial charge in [0, 0.05) is 26.1 Å². The van der Waals surface area contributed by atoms with Crippen LogP contribution in [0.15, 0.2) is 0 Å². The molecule has 1 saturated heterocycles. The van der Waals surface area contributed by atoms with E-state index in [1.165, 1.54) is 0 Å². The van der Waals surface area contributed by atoms with Crippen LogP contribution in [-0.4, -0.2) is 47.4 Å². The molecule has 0 aromatic rings. The van der Waals surface area contributed by atoms with Gasteiger partial charge in [0.1, 0.15) is 0 Å². The minimum Gasteiger partial charge on any atom is -0.481 e. The zero-order valence-corrected chi connectivity index (χ0v) is 11.8. The lowest BCUT2D eigenvalue weighted by Gasteiger charge is -2.33. The molecule has 2 fully saturated rings. The van der Waals surface area contributed by atoms with Crippen molar-refractivity contribution in [2.75, 3.05) is 13.6 Å². The van der Waals surface area contributed by atoms with Crippen LogP contribution in [0.25, 0.3) is 0 Å². The third kappa shape index (κ3) is 3.29. The number of carboxylic acid groups (broad SMARTS) is 1. The predicted octanol–water partition coefficient (Wildman–Crippen LogP) is 0.614. The Bertz CT molecular complexity index is 410. The van der Waals surface area contributed by atoms with Crippen molar-refractivity contribution in [1.82, 2.24) is 10.2 Å². The monoisotopic (exact) mass is 282 g/mol. The second kappa shape index (κ2) is 6.24. The number of carbonyl (C=O) groups is 3. The largest absolute Gasteiger partial charge is 0.481 e. The molecule has 0 radical (unpaired) electrons. The number of hydrogen-bond acceptors (Lipinski definition) is 3. The molecule has 3 atom stereocenters. The van der Waals surface area contributed by atoms with E-state index < -0.39 is 17.8 Å². The van der Waals surface area contributed by atoms with Crippen molar-refractivity contribution in [3.63, 3.8) is 0 Å². The number of carbonyl (C=O) groups excluding carboxylic acids is 2. The molecule has 2 amide bonds. The van der Waals surface area contributed by atoms with Crippen LogP contribution in [0.4, 0.5) is 0 Å². The number of piperidine rings is 1. The number of nitrogens with zero attached hydrogens (tertiary/aromatic N) is 1. The van der Waals surface area contributed by atoms with Crippen molar-refractivity contribution in [2.45, 2.75) is 44.6 Å². The average molecular weight is 282 g/mol. The van der Waals surface area contributed by atoms with Crippen LogP contribution in [0.3, 0.4) is 0 Å². The summed E-state index contributed by atoms with van der Waals surface area (Å²) in [5, 5.41) is 12.1. The smallest absolute Gasteiger partial charge is 0.307 e. The molecule has 0 spiro atoms. The fourth-order valence-corrected chi connectivity index (χ4v) is 3.18. The Labute approximate surface area is 118 Å². The van der Waals surface area contributed by atoms with E-state index in [4.69, 9.17) is 0 Å². The van der Waals surface area contributed by atoms with Crippen LogP contribution in [0.5, 0.6) is 0 Å². The molecule has 6 heteroatoms. The Morgan fingerprint density at radius 1 is 1.20 bits per heavy atom. The minimum absolute atomic E-state index is 0.0541. The molecule has 2 rings (SSSR count). The van der Waals surface area contributed by atoms with E-state index in [1.807, 2.05) is 0 Å². The number of nitrogens with one attached hydrogen (secondary N) is 1. The number of likely N-dealkylation sites (tertiary alicyclic amines) is 1. The summed E-state index contributed by atoms with van der Waals surface area (Å²) >= 11 is 0. The van der Waals surface area contributed by atoms with E-state index in [1.54, 1.807) is 11.9 Å². The van der Waals surface area contributed by atoms with E-state index in [-0.39, 0.29) is 17.9 Å². The molecule has 2 N–H and O–H groups in total.